The monoisotopic (exact) mass is 212 g/mol. The molecule has 1 rings (SSSR count). The molecule has 6 nitrogen and oxygen atoms in total. The normalized spacial score (nSPS) is 12.9. The van der Waals surface area contributed by atoms with Crippen LogP contribution < -0.4 is 0 Å². The molecule has 0 saturated carbocycles. The van der Waals surface area contributed by atoms with Gasteiger partial charge in [0.15, 0.2) is 6.04 Å². The number of esters is 1. The molecule has 1 aromatic rings. The Hall–Kier alpha value is -1.46. The minimum Gasteiger partial charge on any atom is -0.467 e. The number of hydrogen-bond acceptors (Lipinski definition) is 5. The SMILES string of the molecule is COC(=O)C(CC(C)C)n1nnnc1C. The average molecular weight is 212 g/mol. The zero-order valence-electron chi connectivity index (χ0n) is 9.47. The molecule has 0 aliphatic rings. The Balaban J connectivity index is 2.91. The minimum atomic E-state index is -0.426. The molecule has 6 heteroatoms. The number of ether oxygens (including phenoxy) is 1. The zero-order chi connectivity index (χ0) is 11.4. The van der Waals surface area contributed by atoms with E-state index in [1.807, 2.05) is 13.8 Å². The number of hydrogen-bond donors (Lipinski definition) is 0. The third-order valence-electron chi connectivity index (χ3n) is 2.12. The van der Waals surface area contributed by atoms with E-state index in [-0.39, 0.29) is 5.97 Å². The van der Waals surface area contributed by atoms with Crippen molar-refractivity contribution in [3.8, 4) is 0 Å². The van der Waals surface area contributed by atoms with Crippen molar-refractivity contribution >= 4 is 5.97 Å². The van der Waals surface area contributed by atoms with Gasteiger partial charge in [-0.25, -0.2) is 9.48 Å². The smallest absolute Gasteiger partial charge is 0.330 e. The van der Waals surface area contributed by atoms with E-state index in [0.29, 0.717) is 18.2 Å². The van der Waals surface area contributed by atoms with E-state index in [9.17, 15) is 4.79 Å². The second kappa shape index (κ2) is 4.86. The predicted octanol–water partition coefficient (Wildman–Crippen LogP) is 0.742. The summed E-state index contributed by atoms with van der Waals surface area (Å²) in [5.74, 6) is 0.683. The molecule has 0 bridgehead atoms. The lowest BCUT2D eigenvalue weighted by molar-refractivity contribution is -0.145. The lowest BCUT2D eigenvalue weighted by Crippen LogP contribution is -2.24. The van der Waals surface area contributed by atoms with Crippen molar-refractivity contribution in [2.75, 3.05) is 7.11 Å². The molecular formula is C9H16N4O2. The molecule has 0 amide bonds. The first-order chi connectivity index (χ1) is 7.06. The molecule has 0 aliphatic carbocycles. The molecule has 0 spiro atoms. The number of carbonyl (C=O) groups is 1. The molecule has 1 unspecified atom stereocenters. The molecule has 0 N–H and O–H groups in total. The van der Waals surface area contributed by atoms with Crippen LogP contribution in [0.4, 0.5) is 0 Å². The number of methoxy groups -OCH3 is 1. The first kappa shape index (κ1) is 11.6. The van der Waals surface area contributed by atoms with Crippen molar-refractivity contribution in [1.82, 2.24) is 20.2 Å². The molecule has 0 radical (unpaired) electrons. The maximum atomic E-state index is 11.6. The Morgan fingerprint density at radius 1 is 1.53 bits per heavy atom. The summed E-state index contributed by atoms with van der Waals surface area (Å²) in [5, 5.41) is 11.1. The highest BCUT2D eigenvalue weighted by atomic mass is 16.5. The summed E-state index contributed by atoms with van der Waals surface area (Å²) in [7, 11) is 1.37. The average Bonchev–Trinajstić information content (AvgIpc) is 2.59. The Morgan fingerprint density at radius 2 is 2.20 bits per heavy atom. The van der Waals surface area contributed by atoms with Gasteiger partial charge in [-0.1, -0.05) is 13.8 Å². The van der Waals surface area contributed by atoms with Crippen LogP contribution in [0.2, 0.25) is 0 Å². The summed E-state index contributed by atoms with van der Waals surface area (Å²) in [6, 6.07) is -0.426. The van der Waals surface area contributed by atoms with Crippen LogP contribution >= 0.6 is 0 Å². The van der Waals surface area contributed by atoms with Crippen LogP contribution in [0.5, 0.6) is 0 Å². The Morgan fingerprint density at radius 3 is 2.60 bits per heavy atom. The van der Waals surface area contributed by atoms with Gasteiger partial charge in [-0.3, -0.25) is 0 Å². The van der Waals surface area contributed by atoms with Crippen molar-refractivity contribution < 1.29 is 9.53 Å². The number of tetrazole rings is 1. The topological polar surface area (TPSA) is 69.9 Å². The second-order valence-corrected chi connectivity index (χ2v) is 3.84. The van der Waals surface area contributed by atoms with Gasteiger partial charge in [0, 0.05) is 0 Å². The Bertz CT molecular complexity index is 335. The predicted molar refractivity (Wildman–Crippen MR) is 53.1 cm³/mol. The summed E-state index contributed by atoms with van der Waals surface area (Å²) in [5.41, 5.74) is 0. The van der Waals surface area contributed by atoms with Crippen molar-refractivity contribution in [2.24, 2.45) is 5.92 Å². The van der Waals surface area contributed by atoms with Crippen molar-refractivity contribution in [3.63, 3.8) is 0 Å². The molecule has 0 saturated heterocycles. The lowest BCUT2D eigenvalue weighted by Gasteiger charge is -2.16. The van der Waals surface area contributed by atoms with E-state index in [1.165, 1.54) is 11.8 Å². The highest BCUT2D eigenvalue weighted by Gasteiger charge is 2.25. The van der Waals surface area contributed by atoms with Crippen molar-refractivity contribution in [3.05, 3.63) is 5.82 Å². The molecule has 1 aromatic heterocycles. The van der Waals surface area contributed by atoms with Crippen molar-refractivity contribution in [2.45, 2.75) is 33.2 Å². The van der Waals surface area contributed by atoms with Crippen LogP contribution in [0.1, 0.15) is 32.1 Å². The second-order valence-electron chi connectivity index (χ2n) is 3.84. The maximum absolute atomic E-state index is 11.6. The maximum Gasteiger partial charge on any atom is 0.330 e. The Kier molecular flexibility index (Phi) is 3.76. The van der Waals surface area contributed by atoms with Crippen LogP contribution in [-0.2, 0) is 9.53 Å². The summed E-state index contributed by atoms with van der Waals surface area (Å²) >= 11 is 0. The van der Waals surface area contributed by atoms with Gasteiger partial charge in [0.05, 0.1) is 7.11 Å². The number of aromatic nitrogens is 4. The molecule has 0 aliphatic heterocycles. The van der Waals surface area contributed by atoms with Gasteiger partial charge in [-0.2, -0.15) is 0 Å². The van der Waals surface area contributed by atoms with Gasteiger partial charge in [0.1, 0.15) is 5.82 Å². The first-order valence-corrected chi connectivity index (χ1v) is 4.88. The summed E-state index contributed by atoms with van der Waals surface area (Å²) in [6.45, 7) is 5.83. The molecular weight excluding hydrogens is 196 g/mol. The highest BCUT2D eigenvalue weighted by molar-refractivity contribution is 5.73. The van der Waals surface area contributed by atoms with Crippen LogP contribution in [-0.4, -0.2) is 33.3 Å². The van der Waals surface area contributed by atoms with Crippen LogP contribution in [0.25, 0.3) is 0 Å². The molecule has 1 heterocycles. The van der Waals surface area contributed by atoms with Gasteiger partial charge in [-0.15, -0.1) is 5.10 Å². The summed E-state index contributed by atoms with van der Waals surface area (Å²) in [6.07, 6.45) is 0.665. The van der Waals surface area contributed by atoms with E-state index < -0.39 is 6.04 Å². The third kappa shape index (κ3) is 2.74. The van der Waals surface area contributed by atoms with Crippen LogP contribution in [0, 0.1) is 12.8 Å². The molecule has 15 heavy (non-hydrogen) atoms. The summed E-state index contributed by atoms with van der Waals surface area (Å²) in [4.78, 5) is 11.6. The van der Waals surface area contributed by atoms with Crippen molar-refractivity contribution in [1.29, 1.82) is 0 Å². The van der Waals surface area contributed by atoms with E-state index in [4.69, 9.17) is 4.74 Å². The highest BCUT2D eigenvalue weighted by Crippen LogP contribution is 2.18. The van der Waals surface area contributed by atoms with Gasteiger partial charge in [0.2, 0.25) is 0 Å². The molecule has 84 valence electrons. The van der Waals surface area contributed by atoms with Gasteiger partial charge in [-0.05, 0) is 29.7 Å². The number of rotatable bonds is 4. The quantitative estimate of drug-likeness (QED) is 0.688. The fraction of sp³-hybridized carbons (Fsp3) is 0.778. The molecule has 1 atom stereocenters. The van der Waals surface area contributed by atoms with Gasteiger partial charge in [0.25, 0.3) is 0 Å². The number of carbonyl (C=O) groups excluding carboxylic acids is 1. The van der Waals surface area contributed by atoms with Gasteiger partial charge < -0.3 is 4.74 Å². The van der Waals surface area contributed by atoms with E-state index in [1.54, 1.807) is 6.92 Å². The van der Waals surface area contributed by atoms with E-state index >= 15 is 0 Å². The van der Waals surface area contributed by atoms with E-state index in [2.05, 4.69) is 15.5 Å². The van der Waals surface area contributed by atoms with E-state index in [0.717, 1.165) is 0 Å². The first-order valence-electron chi connectivity index (χ1n) is 4.88. The third-order valence-corrected chi connectivity index (χ3v) is 2.12. The fourth-order valence-electron chi connectivity index (χ4n) is 1.40. The summed E-state index contributed by atoms with van der Waals surface area (Å²) < 4.78 is 6.24. The largest absolute Gasteiger partial charge is 0.467 e. The zero-order valence-corrected chi connectivity index (χ0v) is 9.47. The number of aryl methyl sites for hydroxylation is 1. The van der Waals surface area contributed by atoms with Crippen LogP contribution in [0.3, 0.4) is 0 Å². The lowest BCUT2D eigenvalue weighted by atomic mass is 10.0. The number of nitrogens with zero attached hydrogens (tertiary/aromatic N) is 4. The van der Waals surface area contributed by atoms with Gasteiger partial charge >= 0.3 is 5.97 Å². The molecule has 0 aromatic carbocycles. The Labute approximate surface area is 88.6 Å². The minimum absolute atomic E-state index is 0.306. The standard InChI is InChI=1S/C9H16N4O2/c1-6(2)5-8(9(14)15-4)13-7(3)10-11-12-13/h6,8H,5H2,1-4H3. The molecule has 0 fully saturated rings. The van der Waals surface area contributed by atoms with Crippen LogP contribution in [0.15, 0.2) is 0 Å². The fourth-order valence-corrected chi connectivity index (χ4v) is 1.40.